The minimum absolute atomic E-state index is 0.150. The minimum atomic E-state index is -1.02. The number of nitrogens with one attached hydrogen (secondary N) is 1. The van der Waals surface area contributed by atoms with Gasteiger partial charge in [0, 0.05) is 18.4 Å². The second-order valence-electron chi connectivity index (χ2n) is 7.76. The average molecular weight is 394 g/mol. The number of carbonyl (C=O) groups is 1. The van der Waals surface area contributed by atoms with Gasteiger partial charge in [-0.15, -0.1) is 0 Å². The van der Waals surface area contributed by atoms with Crippen LogP contribution in [0.3, 0.4) is 0 Å². The predicted molar refractivity (Wildman–Crippen MR) is 112 cm³/mol. The summed E-state index contributed by atoms with van der Waals surface area (Å²) < 4.78 is 6.00. The third-order valence-corrected chi connectivity index (χ3v) is 5.00. The summed E-state index contributed by atoms with van der Waals surface area (Å²) in [6.07, 6.45) is 6.44. The van der Waals surface area contributed by atoms with E-state index in [0.29, 0.717) is 30.2 Å². The molecular formula is C22H26N4O3. The standard InChI is InChI=1S/C22H26N4O3/c1-22(2,14-23)10-12-29-19-9-4-3-8-18(19)26-15-24-13-16(21(27)28)20(26)17-7-5-6-11-25-17/h3-4,8-9,13,15,25H,5-7,10-12H2,1-2H3,(H,27,28)/b20-17+. The quantitative estimate of drug-likeness (QED) is 0.761. The number of rotatable bonds is 6. The van der Waals surface area contributed by atoms with E-state index >= 15 is 0 Å². The van der Waals surface area contributed by atoms with E-state index in [4.69, 9.17) is 4.74 Å². The molecule has 1 aromatic rings. The van der Waals surface area contributed by atoms with Gasteiger partial charge in [-0.25, -0.2) is 9.79 Å². The number of nitriles is 1. The van der Waals surface area contributed by atoms with Crippen LogP contribution in [0, 0.1) is 16.7 Å². The van der Waals surface area contributed by atoms with Crippen LogP contribution >= 0.6 is 0 Å². The maximum absolute atomic E-state index is 11.9. The van der Waals surface area contributed by atoms with Crippen molar-refractivity contribution in [2.75, 3.05) is 18.1 Å². The van der Waals surface area contributed by atoms with Crippen molar-refractivity contribution < 1.29 is 14.6 Å². The normalized spacial score (nSPS) is 19.2. The topological polar surface area (TPSA) is 98.0 Å². The number of nitrogens with zero attached hydrogens (tertiary/aromatic N) is 3. The summed E-state index contributed by atoms with van der Waals surface area (Å²) in [6, 6.07) is 9.75. The summed E-state index contributed by atoms with van der Waals surface area (Å²) in [7, 11) is 0. The number of hydrogen-bond acceptors (Lipinski definition) is 6. The van der Waals surface area contributed by atoms with Gasteiger partial charge in [-0.3, -0.25) is 4.90 Å². The molecule has 0 bridgehead atoms. The molecule has 0 saturated carbocycles. The summed E-state index contributed by atoms with van der Waals surface area (Å²) in [5.41, 5.74) is 1.89. The van der Waals surface area contributed by atoms with Gasteiger partial charge in [0.25, 0.3) is 0 Å². The molecule has 152 valence electrons. The highest BCUT2D eigenvalue weighted by atomic mass is 16.5. The number of piperidine rings is 1. The first-order chi connectivity index (χ1) is 13.9. The van der Waals surface area contributed by atoms with Crippen LogP contribution in [0.5, 0.6) is 5.75 Å². The smallest absolute Gasteiger partial charge is 0.339 e. The first-order valence-electron chi connectivity index (χ1n) is 9.79. The zero-order valence-corrected chi connectivity index (χ0v) is 16.8. The number of anilines is 1. The second-order valence-corrected chi connectivity index (χ2v) is 7.76. The van der Waals surface area contributed by atoms with Gasteiger partial charge in [0.15, 0.2) is 0 Å². The fourth-order valence-electron chi connectivity index (χ4n) is 3.28. The largest absolute Gasteiger partial charge is 0.491 e. The Morgan fingerprint density at radius 3 is 2.86 bits per heavy atom. The molecular weight excluding hydrogens is 368 g/mol. The van der Waals surface area contributed by atoms with Crippen molar-refractivity contribution in [1.29, 1.82) is 5.26 Å². The highest BCUT2D eigenvalue weighted by molar-refractivity contribution is 6.00. The van der Waals surface area contributed by atoms with E-state index < -0.39 is 11.4 Å². The van der Waals surface area contributed by atoms with Crippen molar-refractivity contribution in [2.24, 2.45) is 10.4 Å². The number of allylic oxidation sites excluding steroid dienone is 1. The fraction of sp³-hybridized carbons (Fsp3) is 0.409. The van der Waals surface area contributed by atoms with Crippen molar-refractivity contribution in [2.45, 2.75) is 39.5 Å². The molecule has 1 aromatic carbocycles. The van der Waals surface area contributed by atoms with Crippen LogP contribution in [0.25, 0.3) is 0 Å². The van der Waals surface area contributed by atoms with Gasteiger partial charge in [-0.1, -0.05) is 12.1 Å². The summed E-state index contributed by atoms with van der Waals surface area (Å²) in [4.78, 5) is 17.8. The molecule has 1 fully saturated rings. The second kappa shape index (κ2) is 8.82. The predicted octanol–water partition coefficient (Wildman–Crippen LogP) is 3.81. The van der Waals surface area contributed by atoms with Crippen LogP contribution in [0.1, 0.15) is 39.5 Å². The highest BCUT2D eigenvalue weighted by Gasteiger charge is 2.29. The Morgan fingerprint density at radius 2 is 2.17 bits per heavy atom. The number of benzene rings is 1. The van der Waals surface area contributed by atoms with E-state index in [-0.39, 0.29) is 5.57 Å². The molecule has 2 aliphatic rings. The lowest BCUT2D eigenvalue weighted by molar-refractivity contribution is -0.132. The Hall–Kier alpha value is -3.27. The molecule has 0 atom stereocenters. The van der Waals surface area contributed by atoms with Gasteiger partial charge >= 0.3 is 5.97 Å². The first kappa shape index (κ1) is 20.5. The molecule has 0 radical (unpaired) electrons. The van der Waals surface area contributed by atoms with E-state index in [1.54, 1.807) is 11.2 Å². The van der Waals surface area contributed by atoms with Gasteiger partial charge in [0.05, 0.1) is 35.8 Å². The molecule has 29 heavy (non-hydrogen) atoms. The maximum atomic E-state index is 11.9. The van der Waals surface area contributed by atoms with Crippen LogP contribution in [0.15, 0.2) is 52.4 Å². The summed E-state index contributed by atoms with van der Waals surface area (Å²) in [6.45, 7) is 4.95. The van der Waals surface area contributed by atoms with Gasteiger partial charge < -0.3 is 15.2 Å². The number of aliphatic carboxylic acids is 1. The summed E-state index contributed by atoms with van der Waals surface area (Å²) in [5, 5.41) is 22.3. The molecule has 0 aliphatic carbocycles. The number of ether oxygens (including phenoxy) is 1. The minimum Gasteiger partial charge on any atom is -0.491 e. The monoisotopic (exact) mass is 394 g/mol. The Kier molecular flexibility index (Phi) is 6.23. The fourth-order valence-corrected chi connectivity index (χ4v) is 3.28. The number of carboxylic acids is 1. The molecule has 0 aromatic heterocycles. The zero-order valence-electron chi connectivity index (χ0n) is 16.8. The highest BCUT2D eigenvalue weighted by Crippen LogP contribution is 2.36. The number of carboxylic acid groups (broad SMARTS) is 1. The van der Waals surface area contributed by atoms with Crippen LogP contribution in [0.4, 0.5) is 5.69 Å². The Balaban J connectivity index is 1.94. The molecule has 7 heteroatoms. The number of hydrogen-bond donors (Lipinski definition) is 2. The van der Waals surface area contributed by atoms with E-state index in [0.717, 1.165) is 31.5 Å². The van der Waals surface area contributed by atoms with Crippen LogP contribution in [-0.2, 0) is 4.79 Å². The van der Waals surface area contributed by atoms with Crippen molar-refractivity contribution in [3.05, 3.63) is 47.4 Å². The molecule has 0 spiro atoms. The molecule has 0 amide bonds. The zero-order chi connectivity index (χ0) is 20.9. The Morgan fingerprint density at radius 1 is 1.38 bits per heavy atom. The lowest BCUT2D eigenvalue weighted by atomic mass is 9.92. The van der Waals surface area contributed by atoms with Crippen molar-refractivity contribution in [3.63, 3.8) is 0 Å². The molecule has 2 heterocycles. The van der Waals surface area contributed by atoms with Gasteiger partial charge in [-0.2, -0.15) is 5.26 Å². The molecule has 3 rings (SSSR count). The summed E-state index contributed by atoms with van der Waals surface area (Å²) >= 11 is 0. The SMILES string of the molecule is CC(C)(C#N)CCOc1ccccc1N1C=NC=C(C(=O)O)/C1=C1/CCCCN1. The molecule has 1 saturated heterocycles. The van der Waals surface area contributed by atoms with Gasteiger partial charge in [0.1, 0.15) is 11.3 Å². The maximum Gasteiger partial charge on any atom is 0.339 e. The van der Waals surface area contributed by atoms with E-state index in [2.05, 4.69) is 16.4 Å². The molecule has 2 N–H and O–H groups in total. The lowest BCUT2D eigenvalue weighted by Gasteiger charge is -2.31. The van der Waals surface area contributed by atoms with E-state index in [9.17, 15) is 15.2 Å². The van der Waals surface area contributed by atoms with Gasteiger partial charge in [-0.05, 0) is 51.7 Å². The van der Waals surface area contributed by atoms with Crippen LogP contribution in [-0.4, -0.2) is 30.6 Å². The van der Waals surface area contributed by atoms with Crippen molar-refractivity contribution >= 4 is 18.0 Å². The van der Waals surface area contributed by atoms with Crippen LogP contribution in [0.2, 0.25) is 0 Å². The van der Waals surface area contributed by atoms with Crippen molar-refractivity contribution in [3.8, 4) is 11.8 Å². The number of para-hydroxylation sites is 2. The molecule has 7 nitrogen and oxygen atoms in total. The van der Waals surface area contributed by atoms with Gasteiger partial charge in [0.2, 0.25) is 0 Å². The lowest BCUT2D eigenvalue weighted by Crippen LogP contribution is -2.33. The summed E-state index contributed by atoms with van der Waals surface area (Å²) in [5.74, 6) is -0.399. The van der Waals surface area contributed by atoms with Crippen molar-refractivity contribution in [1.82, 2.24) is 5.32 Å². The Labute approximate surface area is 171 Å². The third kappa shape index (κ3) is 4.77. The Bertz CT molecular complexity index is 901. The first-order valence-corrected chi connectivity index (χ1v) is 9.79. The van der Waals surface area contributed by atoms with Crippen LogP contribution < -0.4 is 15.0 Å². The molecule has 2 aliphatic heterocycles. The van der Waals surface area contributed by atoms with E-state index in [1.165, 1.54) is 6.20 Å². The molecule has 0 unspecified atom stereocenters. The third-order valence-electron chi connectivity index (χ3n) is 5.00. The average Bonchev–Trinajstić information content (AvgIpc) is 2.74. The number of aliphatic imine (C=N–C) groups is 1. The van der Waals surface area contributed by atoms with E-state index in [1.807, 2.05) is 38.1 Å².